The third kappa shape index (κ3) is 34.3. The highest BCUT2D eigenvalue weighted by molar-refractivity contribution is 6.02. The van der Waals surface area contributed by atoms with Gasteiger partial charge in [-0.25, -0.2) is 4.79 Å². The predicted molar refractivity (Wildman–Crippen MR) is 483 cm³/mol. The average Bonchev–Trinajstić information content (AvgIpc) is 1.65. The van der Waals surface area contributed by atoms with Gasteiger partial charge in [0.1, 0.15) is 84.6 Å². The summed E-state index contributed by atoms with van der Waals surface area (Å²) in [4.78, 5) is 269. The monoisotopic (exact) mass is 1880 g/mol. The summed E-state index contributed by atoms with van der Waals surface area (Å²) < 4.78 is 0. The second kappa shape index (κ2) is 53.8. The molecule has 0 spiro atoms. The number of nitrogens with zero attached hydrogens (tertiary/aromatic N) is 1. The normalized spacial score (nSPS) is 16.3. The van der Waals surface area contributed by atoms with Crippen LogP contribution in [0.4, 0.5) is 0 Å². The van der Waals surface area contributed by atoms with Gasteiger partial charge in [-0.3, -0.25) is 86.3 Å². The molecule has 734 valence electrons. The molecule has 1 aliphatic heterocycles. The lowest BCUT2D eigenvalue weighted by atomic mass is 9.97. The maximum absolute atomic E-state index is 15.2. The molecule has 18 atom stereocenters. The first kappa shape index (κ1) is 109. The van der Waals surface area contributed by atoms with E-state index in [0.29, 0.717) is 58.7 Å². The number of benzene rings is 3. The smallest absolute Gasteiger partial charge is 0.326 e. The first-order chi connectivity index (χ1) is 63.4. The van der Waals surface area contributed by atoms with Crippen LogP contribution in [0.3, 0.4) is 0 Å². The molecule has 1 aliphatic rings. The van der Waals surface area contributed by atoms with Crippen LogP contribution in [0, 0.1) is 11.8 Å². The fourth-order valence-corrected chi connectivity index (χ4v) is 14.9. The van der Waals surface area contributed by atoms with Crippen LogP contribution in [0.2, 0.25) is 0 Å². The number of aliphatic hydroxyl groups is 2. The molecular formula is C89H128N20O25. The van der Waals surface area contributed by atoms with Crippen molar-refractivity contribution in [1.82, 2.24) is 89.3 Å². The van der Waals surface area contributed by atoms with Crippen molar-refractivity contribution in [2.45, 2.75) is 267 Å². The Kier molecular flexibility index (Phi) is 43.9. The van der Waals surface area contributed by atoms with Gasteiger partial charge in [-0.2, -0.15) is 0 Å². The van der Waals surface area contributed by atoms with Crippen LogP contribution >= 0.6 is 0 Å². The number of carbonyl (C=O) groups is 19. The molecule has 1 fully saturated rings. The summed E-state index contributed by atoms with van der Waals surface area (Å²) in [7, 11) is 0. The van der Waals surface area contributed by atoms with E-state index in [9.17, 15) is 117 Å². The molecule has 0 unspecified atom stereocenters. The summed E-state index contributed by atoms with van der Waals surface area (Å²) in [5.41, 5.74) is 20.9. The zero-order valence-corrected chi connectivity index (χ0v) is 76.1. The zero-order chi connectivity index (χ0) is 99.3. The SMILES string of the molecule is CC[C@H](C)[C@H](NC(=O)[C@@H]1CCCN1C(=O)[C@H](Cc1c[nH]c2ccccc12)NC(=O)CNC(=O)[C@H](Cc1c[nH]c2ccccc12)NC(=O)[C@H](C)NC(=O)[C@H](CCCCN)NC(=O)[C@@H](N)Cc1ccccc1)C(=O)N[C@@H](CC(=O)O)C(=O)N[C@@H](CC(=O)O)C(=O)N[C@@H](C)C(=O)N[C@H](C(=O)N[C@H](C(=O)N[C@@H](CCC(=O)O)C(=O)N[C@@H](CCCCN)C(=O)N[C@@H](CC(C)C)C(=O)O)[C@@H](C)O)[C@@H](C)O. The second-order valence-electron chi connectivity index (χ2n) is 33.8. The number of likely N-dealkylation sites (tertiary alicyclic amines) is 1. The molecule has 3 heterocycles. The minimum Gasteiger partial charge on any atom is -0.481 e. The van der Waals surface area contributed by atoms with Gasteiger partial charge in [0.05, 0.1) is 37.6 Å². The van der Waals surface area contributed by atoms with Crippen LogP contribution in [0.1, 0.15) is 162 Å². The minimum absolute atomic E-state index is 0.000107. The maximum Gasteiger partial charge on any atom is 0.326 e. The number of unbranched alkanes of at least 4 members (excludes halogenated alkanes) is 2. The first-order valence-electron chi connectivity index (χ1n) is 44.5. The number of para-hydroxylation sites is 2. The maximum atomic E-state index is 15.2. The molecule has 134 heavy (non-hydrogen) atoms. The molecule has 0 radical (unpaired) electrons. The summed E-state index contributed by atoms with van der Waals surface area (Å²) in [5, 5.41) is 96.1. The van der Waals surface area contributed by atoms with Crippen molar-refractivity contribution in [3.63, 3.8) is 0 Å². The van der Waals surface area contributed by atoms with Crippen LogP contribution in [-0.2, 0) is 110 Å². The highest BCUT2D eigenvalue weighted by atomic mass is 16.4. The molecule has 0 bridgehead atoms. The summed E-state index contributed by atoms with van der Waals surface area (Å²) in [6, 6.07) is -1.12. The lowest BCUT2D eigenvalue weighted by molar-refractivity contribution is -0.144. The van der Waals surface area contributed by atoms with E-state index in [4.69, 9.17) is 17.2 Å². The third-order valence-electron chi connectivity index (χ3n) is 22.6. The number of aliphatic hydroxyl groups excluding tert-OH is 2. The lowest BCUT2D eigenvalue weighted by Gasteiger charge is -2.31. The average molecular weight is 1880 g/mol. The Labute approximate surface area is 772 Å². The van der Waals surface area contributed by atoms with Crippen molar-refractivity contribution < 1.29 is 122 Å². The van der Waals surface area contributed by atoms with Crippen molar-refractivity contribution >= 4 is 134 Å². The largest absolute Gasteiger partial charge is 0.481 e. The number of fused-ring (bicyclic) bond motifs is 2. The van der Waals surface area contributed by atoms with E-state index in [2.05, 4.69) is 84.4 Å². The predicted octanol–water partition coefficient (Wildman–Crippen LogP) is -3.54. The second-order valence-corrected chi connectivity index (χ2v) is 33.8. The van der Waals surface area contributed by atoms with Gasteiger partial charge in [0.2, 0.25) is 88.6 Å². The van der Waals surface area contributed by atoms with Crippen molar-refractivity contribution in [2.75, 3.05) is 26.2 Å². The van der Waals surface area contributed by atoms with E-state index >= 15 is 4.79 Å². The lowest BCUT2D eigenvalue weighted by Crippen LogP contribution is -2.63. The van der Waals surface area contributed by atoms with Gasteiger partial charge in [-0.15, -0.1) is 0 Å². The molecule has 1 saturated heterocycles. The van der Waals surface area contributed by atoms with Crippen molar-refractivity contribution in [3.05, 3.63) is 108 Å². The number of nitrogens with one attached hydrogen (secondary N) is 16. The van der Waals surface area contributed by atoms with Crippen LogP contribution in [0.5, 0.6) is 0 Å². The Balaban J connectivity index is 1.14. The molecule has 0 aliphatic carbocycles. The van der Waals surface area contributed by atoms with Crippen LogP contribution in [0.15, 0.2) is 91.3 Å². The van der Waals surface area contributed by atoms with E-state index in [1.54, 1.807) is 106 Å². The Morgan fingerprint density at radius 2 is 0.858 bits per heavy atom. The number of aliphatic carboxylic acids is 4. The summed E-state index contributed by atoms with van der Waals surface area (Å²) in [6.07, 6.45) is -2.67. The molecule has 45 nitrogen and oxygen atoms in total. The number of H-pyrrole nitrogens is 2. The van der Waals surface area contributed by atoms with Gasteiger partial charge >= 0.3 is 23.9 Å². The van der Waals surface area contributed by atoms with E-state index in [0.717, 1.165) is 26.3 Å². The number of aromatic amines is 2. The Hall–Kier alpha value is -13.5. The van der Waals surface area contributed by atoms with Crippen molar-refractivity contribution in [3.8, 4) is 0 Å². The van der Waals surface area contributed by atoms with E-state index in [1.807, 2.05) is 6.07 Å². The van der Waals surface area contributed by atoms with Gasteiger partial charge in [-0.1, -0.05) is 101 Å². The Bertz CT molecular complexity index is 4930. The number of aromatic nitrogens is 2. The molecule has 15 amide bonds. The molecule has 45 heteroatoms. The number of rotatable bonds is 57. The summed E-state index contributed by atoms with van der Waals surface area (Å²) >= 11 is 0. The van der Waals surface area contributed by atoms with E-state index in [1.165, 1.54) is 18.7 Å². The molecule has 28 N–H and O–H groups in total. The van der Waals surface area contributed by atoms with Crippen LogP contribution < -0.4 is 91.6 Å². The standard InChI is InChI=1S/C89H128N20O25/c1-9-46(4)72(85(129)104-64(41-71(117)118)83(127)103-63(40-70(115)116)82(126)97-48(6)76(120)107-74(50(8)111)87(131)108-73(49(7)110)86(130)101-61(31-32-69(113)114)81(125)100-60(29-18-20-34-91)80(124)105-66(89(133)134)36-45(2)3)106-84(128)67-30-21-35-109(67)88(132)65(39-53-43-94-58-27-16-14-25-55(53)58)98-68(112)44-95-78(122)62(38-52-42-93-57-26-15-13-24-54(52)57)102-75(119)47(5)96-79(123)59(28-17-19-33-90)99-77(121)56(92)37-51-22-11-10-12-23-51/h10-16,22-27,42-43,45-50,56,59-67,72-74,93-94,110-111H,9,17-21,28-41,44,90-92H2,1-8H3,(H,95,122)(H,96,123)(H,97,126)(H,98,112)(H,99,121)(H,100,125)(H,101,130)(H,102,119)(H,103,127)(H,104,129)(H,105,124)(H,106,128)(H,107,120)(H,108,131)(H,113,114)(H,115,116)(H,117,118)(H,133,134)/t46-,47-,48-,49+,50+,56-,59-,60-,61-,62-,63-,64-,65-,66-,67-,72-,73-,74-/m0/s1. The van der Waals surface area contributed by atoms with Gasteiger partial charge in [-0.05, 0) is 152 Å². The molecule has 0 saturated carbocycles. The number of carbonyl (C=O) groups excluding carboxylic acids is 15. The quantitative estimate of drug-likeness (QED) is 0.0168. The van der Waals surface area contributed by atoms with Gasteiger partial charge in [0.25, 0.3) is 0 Å². The zero-order valence-electron chi connectivity index (χ0n) is 76.1. The topological polar surface area (TPSA) is 727 Å². The number of hydrogen-bond donors (Lipinski definition) is 25. The van der Waals surface area contributed by atoms with Gasteiger partial charge in [0, 0.05) is 60.0 Å². The summed E-state index contributed by atoms with van der Waals surface area (Å²) in [6.45, 7) is 10.5. The van der Waals surface area contributed by atoms with Crippen molar-refractivity contribution in [2.24, 2.45) is 29.0 Å². The van der Waals surface area contributed by atoms with Gasteiger partial charge < -0.3 is 137 Å². The highest BCUT2D eigenvalue weighted by Crippen LogP contribution is 2.26. The number of hydrogen-bond acceptors (Lipinski definition) is 24. The van der Waals surface area contributed by atoms with Crippen LogP contribution in [-0.4, -0.2) is 287 Å². The molecule has 5 aromatic rings. The minimum atomic E-state index is -2.19. The molecular weight excluding hydrogens is 1750 g/mol. The first-order valence-corrected chi connectivity index (χ1v) is 44.5. The van der Waals surface area contributed by atoms with Crippen molar-refractivity contribution in [1.29, 1.82) is 0 Å². The fourth-order valence-electron chi connectivity index (χ4n) is 14.9. The highest BCUT2D eigenvalue weighted by Gasteiger charge is 2.43. The third-order valence-corrected chi connectivity index (χ3v) is 22.6. The summed E-state index contributed by atoms with van der Waals surface area (Å²) in [5.74, 6) is -23.2. The number of carboxylic acids is 4. The number of amides is 15. The van der Waals surface area contributed by atoms with E-state index < -0.39 is 253 Å². The Morgan fingerprint density at radius 1 is 0.433 bits per heavy atom. The number of nitrogens with two attached hydrogens (primary N) is 3. The molecule has 6 rings (SSSR count). The number of carboxylic acid groups (broad SMARTS) is 4. The van der Waals surface area contributed by atoms with Crippen LogP contribution in [0.25, 0.3) is 21.8 Å². The Morgan fingerprint density at radius 3 is 1.36 bits per heavy atom. The van der Waals surface area contributed by atoms with Gasteiger partial charge in [0.15, 0.2) is 0 Å². The van der Waals surface area contributed by atoms with E-state index in [-0.39, 0.29) is 83.2 Å². The molecule has 3 aromatic carbocycles. The molecule has 2 aromatic heterocycles. The fraction of sp³-hybridized carbons (Fsp3) is 0.539.